The predicted octanol–water partition coefficient (Wildman–Crippen LogP) is 6.57. The van der Waals surface area contributed by atoms with Crippen molar-refractivity contribution in [2.45, 2.75) is 44.2 Å². The van der Waals surface area contributed by atoms with Crippen molar-refractivity contribution in [1.82, 2.24) is 24.8 Å². The molecule has 0 saturated heterocycles. The Morgan fingerprint density at radius 2 is 1.58 bits per heavy atom. The molecular formula is C23H21Cl5N6O2. The molecule has 0 radical (unpaired) electrons. The van der Waals surface area contributed by atoms with Crippen LogP contribution in [0, 0.1) is 0 Å². The fourth-order valence-corrected chi connectivity index (χ4v) is 5.01. The maximum absolute atomic E-state index is 12.8. The summed E-state index contributed by atoms with van der Waals surface area (Å²) in [5.41, 5.74) is 3.57. The average molecular weight is 591 g/mol. The first kappa shape index (κ1) is 27.1. The van der Waals surface area contributed by atoms with Crippen molar-refractivity contribution in [1.29, 1.82) is 0 Å². The number of anilines is 2. The smallest absolute Gasteiger partial charge is 0.256 e. The van der Waals surface area contributed by atoms with E-state index in [1.807, 2.05) is 6.07 Å². The number of halogens is 5. The van der Waals surface area contributed by atoms with Crippen LogP contribution in [0.2, 0.25) is 25.8 Å². The summed E-state index contributed by atoms with van der Waals surface area (Å²) in [4.78, 5) is 29.6. The van der Waals surface area contributed by atoms with Gasteiger partial charge in [0.15, 0.2) is 11.0 Å². The molecule has 2 N–H and O–H groups in total. The highest BCUT2D eigenvalue weighted by Gasteiger charge is 2.33. The molecule has 2 aromatic heterocycles. The zero-order chi connectivity index (χ0) is 26.0. The predicted molar refractivity (Wildman–Crippen MR) is 142 cm³/mol. The van der Waals surface area contributed by atoms with Crippen LogP contribution in [-0.4, -0.2) is 49.0 Å². The standard InChI is InChI=1S/C19H20Cl2N4O2.C4HCl3N2/c1-25-9-13-12(10-2-4-11(26)5-3-10)6-7-15(16(13)18(25)27)23-17-14(20)8-22-19(21)24-17;5-2-1-8-4(7)9-3(2)6/h6-8,10-11,26H,2-5,9H2,1H3,(H,22,23,24);1H. The zero-order valence-electron chi connectivity index (χ0n) is 19.0. The SMILES string of the molecule is CN1Cc2c(C3CCC(O)CC3)ccc(Nc3nc(Cl)ncc3Cl)c2C1=O.Clc1ncc(Cl)c(Cl)n1. The van der Waals surface area contributed by atoms with Gasteiger partial charge in [-0.25, -0.2) is 15.0 Å². The van der Waals surface area contributed by atoms with Gasteiger partial charge in [0.1, 0.15) is 5.02 Å². The molecule has 1 amide bonds. The number of nitrogens with one attached hydrogen (secondary N) is 1. The Labute approximate surface area is 232 Å². The molecule has 0 unspecified atom stereocenters. The van der Waals surface area contributed by atoms with E-state index in [2.05, 4.69) is 31.3 Å². The van der Waals surface area contributed by atoms with E-state index in [1.165, 1.54) is 18.0 Å². The molecule has 2 aliphatic rings. The van der Waals surface area contributed by atoms with Crippen LogP contribution in [0.1, 0.15) is 53.1 Å². The van der Waals surface area contributed by atoms with Gasteiger partial charge in [0.25, 0.3) is 5.91 Å². The Hall–Kier alpha value is -1.94. The summed E-state index contributed by atoms with van der Waals surface area (Å²) in [7, 11) is 1.80. The Kier molecular flexibility index (Phi) is 8.75. The highest BCUT2D eigenvalue weighted by atomic mass is 35.5. The molecule has 1 fully saturated rings. The second-order valence-electron chi connectivity index (χ2n) is 8.46. The summed E-state index contributed by atoms with van der Waals surface area (Å²) in [6.07, 6.45) is 6.05. The lowest BCUT2D eigenvalue weighted by atomic mass is 9.80. The molecule has 36 heavy (non-hydrogen) atoms. The summed E-state index contributed by atoms with van der Waals surface area (Å²) in [6, 6.07) is 3.98. The molecule has 1 aliphatic heterocycles. The van der Waals surface area contributed by atoms with E-state index in [4.69, 9.17) is 58.0 Å². The number of carbonyl (C=O) groups is 1. The number of aliphatic hydroxyl groups is 1. The van der Waals surface area contributed by atoms with Crippen LogP contribution >= 0.6 is 58.0 Å². The topological polar surface area (TPSA) is 104 Å². The van der Waals surface area contributed by atoms with Gasteiger partial charge < -0.3 is 15.3 Å². The van der Waals surface area contributed by atoms with Gasteiger partial charge in [-0.1, -0.05) is 40.9 Å². The highest BCUT2D eigenvalue weighted by molar-refractivity contribution is 6.41. The molecule has 0 spiro atoms. The molecule has 1 aliphatic carbocycles. The molecule has 0 atom stereocenters. The number of benzene rings is 1. The van der Waals surface area contributed by atoms with Crippen LogP contribution in [0.15, 0.2) is 24.5 Å². The van der Waals surface area contributed by atoms with Crippen molar-refractivity contribution in [2.24, 2.45) is 0 Å². The van der Waals surface area contributed by atoms with Crippen LogP contribution in [0.3, 0.4) is 0 Å². The normalized spacial score (nSPS) is 19.0. The number of rotatable bonds is 3. The van der Waals surface area contributed by atoms with E-state index in [1.54, 1.807) is 11.9 Å². The number of amides is 1. The van der Waals surface area contributed by atoms with E-state index in [-0.39, 0.29) is 27.7 Å². The Morgan fingerprint density at radius 3 is 2.22 bits per heavy atom. The Morgan fingerprint density at radius 1 is 0.944 bits per heavy atom. The van der Waals surface area contributed by atoms with Crippen molar-refractivity contribution in [3.8, 4) is 0 Å². The van der Waals surface area contributed by atoms with Gasteiger partial charge >= 0.3 is 0 Å². The quantitative estimate of drug-likeness (QED) is 0.263. The number of nitrogens with zero attached hydrogens (tertiary/aromatic N) is 5. The summed E-state index contributed by atoms with van der Waals surface area (Å²) in [6.45, 7) is 0.580. The first-order valence-corrected chi connectivity index (χ1v) is 12.9. The van der Waals surface area contributed by atoms with Crippen molar-refractivity contribution >= 4 is 75.4 Å². The minimum atomic E-state index is -0.204. The molecule has 8 nitrogen and oxygen atoms in total. The fourth-order valence-electron chi connectivity index (χ4n) is 4.34. The second-order valence-corrected chi connectivity index (χ2v) is 10.3. The first-order chi connectivity index (χ1) is 17.1. The lowest BCUT2D eigenvalue weighted by molar-refractivity contribution is 0.0817. The van der Waals surface area contributed by atoms with E-state index in [9.17, 15) is 9.90 Å². The van der Waals surface area contributed by atoms with Gasteiger partial charge in [0, 0.05) is 13.6 Å². The molecular weight excluding hydrogens is 570 g/mol. The van der Waals surface area contributed by atoms with Gasteiger partial charge in [0.05, 0.1) is 34.8 Å². The second kappa shape index (κ2) is 11.6. The van der Waals surface area contributed by atoms with Crippen LogP contribution in [0.25, 0.3) is 0 Å². The molecule has 1 aromatic carbocycles. The number of aliphatic hydroxyl groups excluding tert-OH is 1. The lowest BCUT2D eigenvalue weighted by Crippen LogP contribution is -2.18. The minimum absolute atomic E-state index is 0.0264. The zero-order valence-corrected chi connectivity index (χ0v) is 22.8. The first-order valence-electron chi connectivity index (χ1n) is 11.0. The fraction of sp³-hybridized carbons (Fsp3) is 0.348. The third kappa shape index (κ3) is 6.13. The molecule has 3 aromatic rings. The van der Waals surface area contributed by atoms with E-state index in [0.29, 0.717) is 39.6 Å². The van der Waals surface area contributed by atoms with E-state index >= 15 is 0 Å². The maximum atomic E-state index is 12.8. The molecule has 190 valence electrons. The summed E-state index contributed by atoms with van der Waals surface area (Å²) < 4.78 is 0. The van der Waals surface area contributed by atoms with Gasteiger partial charge in [0.2, 0.25) is 10.6 Å². The van der Waals surface area contributed by atoms with Gasteiger partial charge in [-0.15, -0.1) is 0 Å². The van der Waals surface area contributed by atoms with Crippen molar-refractivity contribution < 1.29 is 9.90 Å². The van der Waals surface area contributed by atoms with Gasteiger partial charge in [-0.3, -0.25) is 4.79 Å². The van der Waals surface area contributed by atoms with E-state index in [0.717, 1.165) is 31.2 Å². The third-order valence-electron chi connectivity index (χ3n) is 6.08. The molecule has 13 heteroatoms. The number of hydrogen-bond donors (Lipinski definition) is 2. The van der Waals surface area contributed by atoms with Crippen LogP contribution < -0.4 is 5.32 Å². The molecule has 5 rings (SSSR count). The monoisotopic (exact) mass is 588 g/mol. The van der Waals surface area contributed by atoms with Crippen LogP contribution in [-0.2, 0) is 6.54 Å². The highest BCUT2D eigenvalue weighted by Crippen LogP contribution is 2.41. The average Bonchev–Trinajstić information content (AvgIpc) is 3.15. The van der Waals surface area contributed by atoms with E-state index < -0.39 is 0 Å². The van der Waals surface area contributed by atoms with Crippen LogP contribution in [0.4, 0.5) is 11.5 Å². The van der Waals surface area contributed by atoms with Crippen molar-refractivity contribution in [2.75, 3.05) is 12.4 Å². The number of aromatic nitrogens is 4. The maximum Gasteiger partial charge on any atom is 0.256 e. The van der Waals surface area contributed by atoms with Gasteiger partial charge in [-0.2, -0.15) is 4.98 Å². The number of hydrogen-bond acceptors (Lipinski definition) is 7. The van der Waals surface area contributed by atoms with Gasteiger partial charge in [-0.05, 0) is 72.0 Å². The third-order valence-corrected chi connectivity index (χ3v) is 7.38. The minimum Gasteiger partial charge on any atom is -0.393 e. The summed E-state index contributed by atoms with van der Waals surface area (Å²) >= 11 is 28.3. The Balaban J connectivity index is 0.000000286. The van der Waals surface area contributed by atoms with Crippen molar-refractivity contribution in [3.05, 3.63) is 67.0 Å². The Bertz CT molecular complexity index is 1290. The molecule has 3 heterocycles. The van der Waals surface area contributed by atoms with Crippen molar-refractivity contribution in [3.63, 3.8) is 0 Å². The lowest BCUT2D eigenvalue weighted by Gasteiger charge is -2.27. The molecule has 1 saturated carbocycles. The number of carbonyl (C=O) groups excluding carboxylic acids is 1. The summed E-state index contributed by atoms with van der Waals surface area (Å²) in [5, 5.41) is 13.9. The summed E-state index contributed by atoms with van der Waals surface area (Å²) in [5.74, 6) is 0.712. The molecule has 0 bridgehead atoms. The largest absolute Gasteiger partial charge is 0.393 e. The van der Waals surface area contributed by atoms with Crippen LogP contribution in [0.5, 0.6) is 0 Å². The number of fused-ring (bicyclic) bond motifs is 1.